The third-order valence-corrected chi connectivity index (χ3v) is 5.20. The van der Waals surface area contributed by atoms with Crippen LogP contribution in [0.4, 0.5) is 23.3 Å². The van der Waals surface area contributed by atoms with E-state index in [2.05, 4.69) is 46.7 Å². The van der Waals surface area contributed by atoms with Gasteiger partial charge in [0.25, 0.3) is 0 Å². The van der Waals surface area contributed by atoms with E-state index in [-0.39, 0.29) is 0 Å². The van der Waals surface area contributed by atoms with Crippen molar-refractivity contribution < 1.29 is 0 Å². The number of hydrogen-bond donors (Lipinski definition) is 3. The summed E-state index contributed by atoms with van der Waals surface area (Å²) in [5.74, 6) is 2.32. The Morgan fingerprint density at radius 2 is 2.04 bits per heavy atom. The van der Waals surface area contributed by atoms with Crippen LogP contribution in [0.3, 0.4) is 0 Å². The summed E-state index contributed by atoms with van der Waals surface area (Å²) >= 11 is 15.7. The average Bonchev–Trinajstić information content (AvgIpc) is 3.35. The van der Waals surface area contributed by atoms with Crippen molar-refractivity contribution in [3.05, 3.63) is 50.7 Å². The van der Waals surface area contributed by atoms with Gasteiger partial charge >= 0.3 is 0 Å². The first-order chi connectivity index (χ1) is 12.1. The van der Waals surface area contributed by atoms with Gasteiger partial charge in [0.05, 0.1) is 20.2 Å². The number of benzene rings is 1. The van der Waals surface area contributed by atoms with Gasteiger partial charge in [0.15, 0.2) is 11.6 Å². The van der Waals surface area contributed by atoms with E-state index in [4.69, 9.17) is 23.2 Å². The van der Waals surface area contributed by atoms with Crippen molar-refractivity contribution in [2.75, 3.05) is 10.6 Å². The SMILES string of the molecule is Clc1cccc(Nc2ncc(Br)c(Nc3cc(C4CC4)[nH]n3)n2)c1Cl. The Bertz CT molecular complexity index is 925. The van der Waals surface area contributed by atoms with Gasteiger partial charge in [-0.2, -0.15) is 10.1 Å². The summed E-state index contributed by atoms with van der Waals surface area (Å²) in [6, 6.07) is 7.34. The van der Waals surface area contributed by atoms with Crippen LogP contribution in [0.15, 0.2) is 34.9 Å². The lowest BCUT2D eigenvalue weighted by Gasteiger charge is -2.10. The first kappa shape index (κ1) is 16.6. The van der Waals surface area contributed by atoms with Gasteiger partial charge in [-0.15, -0.1) is 0 Å². The van der Waals surface area contributed by atoms with E-state index < -0.39 is 0 Å². The van der Waals surface area contributed by atoms with E-state index in [0.29, 0.717) is 39.2 Å². The maximum Gasteiger partial charge on any atom is 0.229 e. The van der Waals surface area contributed by atoms with Crippen LogP contribution in [0.1, 0.15) is 24.5 Å². The van der Waals surface area contributed by atoms with Gasteiger partial charge in [-0.25, -0.2) is 4.98 Å². The van der Waals surface area contributed by atoms with E-state index in [1.807, 2.05) is 12.1 Å². The van der Waals surface area contributed by atoms with Gasteiger partial charge < -0.3 is 10.6 Å². The van der Waals surface area contributed by atoms with Crippen LogP contribution in [0.5, 0.6) is 0 Å². The van der Waals surface area contributed by atoms with Gasteiger partial charge in [0.1, 0.15) is 0 Å². The number of rotatable bonds is 5. The smallest absolute Gasteiger partial charge is 0.229 e. The molecule has 0 aliphatic heterocycles. The van der Waals surface area contributed by atoms with E-state index in [9.17, 15) is 0 Å². The van der Waals surface area contributed by atoms with E-state index in [0.717, 1.165) is 10.2 Å². The molecule has 2 heterocycles. The summed E-state index contributed by atoms with van der Waals surface area (Å²) in [6.45, 7) is 0. The minimum atomic E-state index is 0.396. The summed E-state index contributed by atoms with van der Waals surface area (Å²) < 4.78 is 0.728. The van der Waals surface area contributed by atoms with E-state index in [1.165, 1.54) is 12.8 Å². The maximum atomic E-state index is 6.19. The number of aromatic amines is 1. The van der Waals surface area contributed by atoms with E-state index in [1.54, 1.807) is 18.3 Å². The van der Waals surface area contributed by atoms with Crippen molar-refractivity contribution in [3.63, 3.8) is 0 Å². The van der Waals surface area contributed by atoms with Crippen molar-refractivity contribution in [2.45, 2.75) is 18.8 Å². The molecule has 1 saturated carbocycles. The summed E-state index contributed by atoms with van der Waals surface area (Å²) in [5.41, 5.74) is 1.79. The van der Waals surface area contributed by atoms with Crippen LogP contribution in [0, 0.1) is 0 Å². The molecule has 6 nitrogen and oxygen atoms in total. The van der Waals surface area contributed by atoms with Crippen LogP contribution < -0.4 is 10.6 Å². The molecule has 0 atom stereocenters. The lowest BCUT2D eigenvalue weighted by atomic mass is 10.3. The molecule has 1 aromatic carbocycles. The minimum Gasteiger partial charge on any atom is -0.323 e. The second-order valence-electron chi connectivity index (χ2n) is 5.72. The molecule has 0 radical (unpaired) electrons. The van der Waals surface area contributed by atoms with Crippen LogP contribution in [-0.2, 0) is 0 Å². The zero-order chi connectivity index (χ0) is 17.4. The molecule has 0 bridgehead atoms. The topological polar surface area (TPSA) is 78.5 Å². The van der Waals surface area contributed by atoms with Crippen molar-refractivity contribution >= 4 is 62.4 Å². The first-order valence-corrected chi connectivity index (χ1v) is 9.21. The monoisotopic (exact) mass is 438 g/mol. The highest BCUT2D eigenvalue weighted by Gasteiger charge is 2.25. The van der Waals surface area contributed by atoms with Crippen LogP contribution in [0.2, 0.25) is 10.0 Å². The Morgan fingerprint density at radius 1 is 1.20 bits per heavy atom. The molecule has 1 aliphatic carbocycles. The van der Waals surface area contributed by atoms with Gasteiger partial charge in [-0.1, -0.05) is 29.3 Å². The van der Waals surface area contributed by atoms with Crippen molar-refractivity contribution in [3.8, 4) is 0 Å². The average molecular weight is 440 g/mol. The minimum absolute atomic E-state index is 0.396. The summed E-state index contributed by atoms with van der Waals surface area (Å²) in [6.07, 6.45) is 4.09. The molecule has 0 amide bonds. The standard InChI is InChI=1S/C16H13BrCl2N6/c17-9-7-20-16(21-11-3-1-2-10(18)14(11)19)23-15(9)22-13-6-12(24-25-13)8-4-5-8/h1-3,6-8H,4-5H2,(H3,20,21,22,23,24,25). The third kappa shape index (κ3) is 3.73. The van der Waals surface area contributed by atoms with Crippen molar-refractivity contribution in [1.29, 1.82) is 0 Å². The fraction of sp³-hybridized carbons (Fsp3) is 0.188. The number of halogens is 3. The zero-order valence-electron chi connectivity index (χ0n) is 12.9. The quantitative estimate of drug-likeness (QED) is 0.479. The maximum absolute atomic E-state index is 6.19. The normalized spacial score (nSPS) is 13.7. The molecule has 1 fully saturated rings. The Hall–Kier alpha value is -1.83. The predicted octanol–water partition coefficient (Wildman–Crippen LogP) is 5.63. The molecule has 2 aromatic heterocycles. The predicted molar refractivity (Wildman–Crippen MR) is 103 cm³/mol. The molecule has 3 aromatic rings. The van der Waals surface area contributed by atoms with Crippen molar-refractivity contribution in [1.82, 2.24) is 20.2 Å². The summed E-state index contributed by atoms with van der Waals surface area (Å²) in [5, 5.41) is 14.5. The molecule has 128 valence electrons. The lowest BCUT2D eigenvalue weighted by molar-refractivity contribution is 0.966. The Kier molecular flexibility index (Phi) is 4.54. The number of nitrogens with one attached hydrogen (secondary N) is 3. The molecule has 9 heteroatoms. The first-order valence-electron chi connectivity index (χ1n) is 7.66. The number of hydrogen-bond acceptors (Lipinski definition) is 5. The number of aromatic nitrogens is 4. The second-order valence-corrected chi connectivity index (χ2v) is 7.36. The number of anilines is 4. The highest BCUT2D eigenvalue weighted by molar-refractivity contribution is 9.10. The lowest BCUT2D eigenvalue weighted by Crippen LogP contribution is -2.02. The summed E-state index contributed by atoms with van der Waals surface area (Å²) in [7, 11) is 0. The Balaban J connectivity index is 1.56. The molecular weight excluding hydrogens is 427 g/mol. The molecule has 4 rings (SSSR count). The fourth-order valence-electron chi connectivity index (χ4n) is 2.36. The molecule has 3 N–H and O–H groups in total. The summed E-state index contributed by atoms with van der Waals surface area (Å²) in [4.78, 5) is 8.72. The van der Waals surface area contributed by atoms with Gasteiger partial charge in [0.2, 0.25) is 5.95 Å². The van der Waals surface area contributed by atoms with Crippen LogP contribution in [0.25, 0.3) is 0 Å². The third-order valence-electron chi connectivity index (χ3n) is 3.80. The van der Waals surface area contributed by atoms with Crippen LogP contribution >= 0.6 is 39.1 Å². The highest BCUT2D eigenvalue weighted by Crippen LogP contribution is 2.40. The molecule has 25 heavy (non-hydrogen) atoms. The zero-order valence-corrected chi connectivity index (χ0v) is 16.0. The van der Waals surface area contributed by atoms with Crippen LogP contribution in [-0.4, -0.2) is 20.2 Å². The molecule has 1 aliphatic rings. The largest absolute Gasteiger partial charge is 0.323 e. The molecule has 0 saturated heterocycles. The molecular formula is C16H13BrCl2N6. The van der Waals surface area contributed by atoms with E-state index >= 15 is 0 Å². The van der Waals surface area contributed by atoms with Crippen molar-refractivity contribution in [2.24, 2.45) is 0 Å². The molecule has 0 spiro atoms. The second kappa shape index (κ2) is 6.82. The van der Waals surface area contributed by atoms with Gasteiger partial charge in [-0.3, -0.25) is 5.10 Å². The number of nitrogens with zero attached hydrogens (tertiary/aromatic N) is 3. The van der Waals surface area contributed by atoms with Gasteiger partial charge in [0, 0.05) is 23.9 Å². The Morgan fingerprint density at radius 3 is 2.84 bits per heavy atom. The fourth-order valence-corrected chi connectivity index (χ4v) is 3.00. The van der Waals surface area contributed by atoms with Gasteiger partial charge in [-0.05, 0) is 40.9 Å². The highest BCUT2D eigenvalue weighted by atomic mass is 79.9. The molecule has 0 unspecified atom stereocenters. The Labute approximate surface area is 162 Å². The number of H-pyrrole nitrogens is 1.